The predicted molar refractivity (Wildman–Crippen MR) is 86.3 cm³/mol. The van der Waals surface area contributed by atoms with E-state index < -0.39 is 0 Å². The van der Waals surface area contributed by atoms with Gasteiger partial charge in [-0.25, -0.2) is 9.97 Å². The Bertz CT molecular complexity index is 642. The normalized spacial score (nSPS) is 21.6. The molecule has 6 nitrogen and oxygen atoms in total. The van der Waals surface area contributed by atoms with Gasteiger partial charge < -0.3 is 10.4 Å². The van der Waals surface area contributed by atoms with Crippen molar-refractivity contribution in [1.82, 2.24) is 19.9 Å². The Morgan fingerprint density at radius 3 is 2.96 bits per heavy atom. The molecule has 2 aromatic heterocycles. The number of carbonyl (C=O) groups is 1. The van der Waals surface area contributed by atoms with Gasteiger partial charge in [-0.1, -0.05) is 19.3 Å². The van der Waals surface area contributed by atoms with Crippen molar-refractivity contribution < 1.29 is 9.90 Å². The number of hydrogen-bond donors (Lipinski definition) is 2. The van der Waals surface area contributed by atoms with E-state index in [1.165, 1.54) is 6.42 Å². The van der Waals surface area contributed by atoms with Crippen LogP contribution in [0.2, 0.25) is 0 Å². The highest BCUT2D eigenvalue weighted by molar-refractivity contribution is 5.94. The van der Waals surface area contributed by atoms with E-state index in [9.17, 15) is 9.90 Å². The SMILES string of the molecule is O=C(NC1CCCCCC1CO)c1ccnc(-n2ccnc2)c1. The molecule has 0 aliphatic heterocycles. The minimum absolute atomic E-state index is 0.0415. The van der Waals surface area contributed by atoms with Crippen LogP contribution in [0, 0.1) is 5.92 Å². The van der Waals surface area contributed by atoms with Gasteiger partial charge in [0, 0.05) is 42.7 Å². The summed E-state index contributed by atoms with van der Waals surface area (Å²) in [5.41, 5.74) is 0.574. The van der Waals surface area contributed by atoms with E-state index in [1.807, 2.05) is 0 Å². The first-order valence-corrected chi connectivity index (χ1v) is 8.14. The summed E-state index contributed by atoms with van der Waals surface area (Å²) in [6.07, 6.45) is 12.0. The molecule has 1 saturated carbocycles. The van der Waals surface area contributed by atoms with Crippen LogP contribution in [0.15, 0.2) is 37.1 Å². The summed E-state index contributed by atoms with van der Waals surface area (Å²) in [5.74, 6) is 0.699. The number of carbonyl (C=O) groups excluding carboxylic acids is 1. The Hall–Kier alpha value is -2.21. The summed E-state index contributed by atoms with van der Waals surface area (Å²) in [6, 6.07) is 3.50. The number of hydrogen-bond acceptors (Lipinski definition) is 4. The van der Waals surface area contributed by atoms with Gasteiger partial charge in [-0.3, -0.25) is 9.36 Å². The smallest absolute Gasteiger partial charge is 0.251 e. The highest BCUT2D eigenvalue weighted by Gasteiger charge is 2.25. The van der Waals surface area contributed by atoms with Crippen molar-refractivity contribution in [2.45, 2.75) is 38.1 Å². The fraction of sp³-hybridized carbons (Fsp3) is 0.471. The number of amides is 1. The Balaban J connectivity index is 1.73. The van der Waals surface area contributed by atoms with E-state index >= 15 is 0 Å². The lowest BCUT2D eigenvalue weighted by Gasteiger charge is -2.24. The second-order valence-corrected chi connectivity index (χ2v) is 6.03. The Labute approximate surface area is 135 Å². The first kappa shape index (κ1) is 15.7. The first-order chi connectivity index (χ1) is 11.3. The van der Waals surface area contributed by atoms with Gasteiger partial charge >= 0.3 is 0 Å². The van der Waals surface area contributed by atoms with Gasteiger partial charge in [0.1, 0.15) is 12.1 Å². The second kappa shape index (κ2) is 7.37. The molecule has 23 heavy (non-hydrogen) atoms. The van der Waals surface area contributed by atoms with Crippen LogP contribution in [0.5, 0.6) is 0 Å². The molecule has 1 aliphatic rings. The van der Waals surface area contributed by atoms with Crippen LogP contribution in [-0.4, -0.2) is 38.2 Å². The van der Waals surface area contributed by atoms with Crippen molar-refractivity contribution in [2.75, 3.05) is 6.61 Å². The summed E-state index contributed by atoms with van der Waals surface area (Å²) >= 11 is 0. The third kappa shape index (κ3) is 3.76. The van der Waals surface area contributed by atoms with Gasteiger partial charge in [0.05, 0.1) is 0 Å². The zero-order chi connectivity index (χ0) is 16.1. The molecular weight excluding hydrogens is 292 g/mol. The summed E-state index contributed by atoms with van der Waals surface area (Å²) < 4.78 is 1.76. The topological polar surface area (TPSA) is 80.0 Å². The van der Waals surface area contributed by atoms with Crippen molar-refractivity contribution in [1.29, 1.82) is 0 Å². The zero-order valence-electron chi connectivity index (χ0n) is 13.1. The van der Waals surface area contributed by atoms with E-state index in [1.54, 1.807) is 41.6 Å². The van der Waals surface area contributed by atoms with Crippen LogP contribution < -0.4 is 5.32 Å². The monoisotopic (exact) mass is 314 g/mol. The minimum Gasteiger partial charge on any atom is -0.396 e. The molecule has 2 aromatic rings. The molecule has 0 radical (unpaired) electrons. The van der Waals surface area contributed by atoms with Crippen LogP contribution in [0.3, 0.4) is 0 Å². The van der Waals surface area contributed by atoms with Crippen molar-refractivity contribution in [3.8, 4) is 5.82 Å². The van der Waals surface area contributed by atoms with E-state index in [2.05, 4.69) is 15.3 Å². The average molecular weight is 314 g/mol. The molecule has 1 fully saturated rings. The summed E-state index contributed by atoms with van der Waals surface area (Å²) in [4.78, 5) is 20.8. The molecule has 6 heteroatoms. The number of imidazole rings is 1. The Morgan fingerprint density at radius 1 is 1.30 bits per heavy atom. The van der Waals surface area contributed by atoms with Crippen LogP contribution in [-0.2, 0) is 0 Å². The van der Waals surface area contributed by atoms with Crippen molar-refractivity contribution in [3.05, 3.63) is 42.6 Å². The lowest BCUT2D eigenvalue weighted by molar-refractivity contribution is 0.0899. The highest BCUT2D eigenvalue weighted by atomic mass is 16.3. The van der Waals surface area contributed by atoms with E-state index in [0.29, 0.717) is 11.4 Å². The maximum atomic E-state index is 12.6. The van der Waals surface area contributed by atoms with Gasteiger partial charge in [0.15, 0.2) is 0 Å². The van der Waals surface area contributed by atoms with Crippen LogP contribution in [0.25, 0.3) is 5.82 Å². The fourth-order valence-electron chi connectivity index (χ4n) is 3.14. The third-order valence-corrected chi connectivity index (χ3v) is 4.49. The molecule has 0 spiro atoms. The fourth-order valence-corrected chi connectivity index (χ4v) is 3.14. The maximum absolute atomic E-state index is 12.6. The van der Waals surface area contributed by atoms with Gasteiger partial charge in [-0.15, -0.1) is 0 Å². The third-order valence-electron chi connectivity index (χ3n) is 4.49. The number of nitrogens with one attached hydrogen (secondary N) is 1. The number of aliphatic hydroxyl groups is 1. The van der Waals surface area contributed by atoms with Gasteiger partial charge in [0.25, 0.3) is 5.91 Å². The standard InChI is InChI=1S/C17H22N4O2/c22-11-14-4-2-1-3-5-15(14)20-17(23)13-6-7-19-16(10-13)21-9-8-18-12-21/h6-10,12,14-15,22H,1-5,11H2,(H,20,23). The molecular formula is C17H22N4O2. The van der Waals surface area contributed by atoms with Crippen molar-refractivity contribution in [2.24, 2.45) is 5.92 Å². The largest absolute Gasteiger partial charge is 0.396 e. The minimum atomic E-state index is -0.112. The van der Waals surface area contributed by atoms with Gasteiger partial charge in [-0.2, -0.15) is 0 Å². The second-order valence-electron chi connectivity index (χ2n) is 6.03. The lowest BCUT2D eigenvalue weighted by Crippen LogP contribution is -2.41. The zero-order valence-corrected chi connectivity index (χ0v) is 13.1. The molecule has 122 valence electrons. The summed E-state index contributed by atoms with van der Waals surface area (Å²) in [7, 11) is 0. The Kier molecular flexibility index (Phi) is 5.02. The molecule has 2 atom stereocenters. The molecule has 3 rings (SSSR count). The number of rotatable bonds is 4. The van der Waals surface area contributed by atoms with Crippen molar-refractivity contribution in [3.63, 3.8) is 0 Å². The average Bonchev–Trinajstić information content (AvgIpc) is 3.03. The summed E-state index contributed by atoms with van der Waals surface area (Å²) in [6.45, 7) is 0.127. The maximum Gasteiger partial charge on any atom is 0.251 e. The molecule has 1 amide bonds. The molecule has 0 bridgehead atoms. The number of aromatic nitrogens is 3. The molecule has 2 heterocycles. The quantitative estimate of drug-likeness (QED) is 0.845. The van der Waals surface area contributed by atoms with E-state index in [0.717, 1.165) is 25.7 Å². The number of aliphatic hydroxyl groups excluding tert-OH is 1. The molecule has 2 N–H and O–H groups in total. The highest BCUT2D eigenvalue weighted by Crippen LogP contribution is 2.23. The lowest BCUT2D eigenvalue weighted by atomic mass is 9.95. The number of pyridine rings is 1. The molecule has 2 unspecified atom stereocenters. The predicted octanol–water partition coefficient (Wildman–Crippen LogP) is 1.94. The van der Waals surface area contributed by atoms with Crippen LogP contribution in [0.1, 0.15) is 42.5 Å². The van der Waals surface area contributed by atoms with Gasteiger partial charge in [0.2, 0.25) is 0 Å². The molecule has 1 aliphatic carbocycles. The van der Waals surface area contributed by atoms with E-state index in [4.69, 9.17) is 0 Å². The van der Waals surface area contributed by atoms with Crippen LogP contribution >= 0.6 is 0 Å². The van der Waals surface area contributed by atoms with Crippen molar-refractivity contribution >= 4 is 5.91 Å². The molecule has 0 aromatic carbocycles. The number of nitrogens with zero attached hydrogens (tertiary/aromatic N) is 3. The van der Waals surface area contributed by atoms with Crippen LogP contribution in [0.4, 0.5) is 0 Å². The molecule has 0 saturated heterocycles. The van der Waals surface area contributed by atoms with Gasteiger partial charge in [-0.05, 0) is 25.0 Å². The Morgan fingerprint density at radius 2 is 2.17 bits per heavy atom. The first-order valence-electron chi connectivity index (χ1n) is 8.14. The van der Waals surface area contributed by atoms with E-state index in [-0.39, 0.29) is 24.5 Å². The summed E-state index contributed by atoms with van der Waals surface area (Å²) in [5, 5.41) is 12.7.